The Morgan fingerprint density at radius 3 is 2.44 bits per heavy atom. The van der Waals surface area contributed by atoms with Crippen molar-refractivity contribution in [3.05, 3.63) is 0 Å². The number of nitrogens with zero attached hydrogens (tertiary/aromatic N) is 1. The van der Waals surface area contributed by atoms with Crippen molar-refractivity contribution in [3.63, 3.8) is 0 Å². The minimum atomic E-state index is -0.673. The summed E-state index contributed by atoms with van der Waals surface area (Å²) in [4.78, 5) is 14.7. The van der Waals surface area contributed by atoms with E-state index >= 15 is 0 Å². The Kier molecular flexibility index (Phi) is 3.94. The molecule has 0 aromatic rings. The Morgan fingerprint density at radius 1 is 1.56 bits per heavy atom. The summed E-state index contributed by atoms with van der Waals surface area (Å²) in [6, 6.07) is 0.308. The van der Waals surface area contributed by atoms with Gasteiger partial charge in [0.25, 0.3) is 0 Å². The molecule has 4 heteroatoms. The summed E-state index contributed by atoms with van der Waals surface area (Å²) in [5.74, 6) is 0.672. The maximum atomic E-state index is 12.5. The van der Waals surface area contributed by atoms with E-state index in [9.17, 15) is 4.79 Å². The minimum absolute atomic E-state index is 0.0966. The van der Waals surface area contributed by atoms with Gasteiger partial charge in [0, 0.05) is 12.6 Å². The Hall–Kier alpha value is -0.640. The highest BCUT2D eigenvalue weighted by molar-refractivity contribution is 7.80. The van der Waals surface area contributed by atoms with E-state index in [1.54, 1.807) is 0 Å². The third kappa shape index (κ3) is 2.21. The van der Waals surface area contributed by atoms with Crippen molar-refractivity contribution in [2.45, 2.75) is 46.6 Å². The molecule has 2 N–H and O–H groups in total. The molecular formula is C12H22N2OS. The van der Waals surface area contributed by atoms with Gasteiger partial charge in [-0.15, -0.1) is 0 Å². The zero-order valence-corrected chi connectivity index (χ0v) is 11.4. The summed E-state index contributed by atoms with van der Waals surface area (Å²) in [5.41, 5.74) is 5.04. The molecule has 0 bridgehead atoms. The van der Waals surface area contributed by atoms with Crippen LogP contribution in [-0.4, -0.2) is 28.4 Å². The molecule has 0 aromatic carbocycles. The summed E-state index contributed by atoms with van der Waals surface area (Å²) in [7, 11) is 0. The molecule has 0 spiro atoms. The van der Waals surface area contributed by atoms with Crippen molar-refractivity contribution in [1.29, 1.82) is 0 Å². The van der Waals surface area contributed by atoms with Crippen LogP contribution in [0.2, 0.25) is 0 Å². The molecule has 1 heterocycles. The molecule has 16 heavy (non-hydrogen) atoms. The Morgan fingerprint density at radius 2 is 2.12 bits per heavy atom. The molecule has 0 saturated carbocycles. The summed E-state index contributed by atoms with van der Waals surface area (Å²) >= 11 is 5.04. The number of likely N-dealkylation sites (tertiary alicyclic amines) is 1. The minimum Gasteiger partial charge on any atom is -0.392 e. The fourth-order valence-electron chi connectivity index (χ4n) is 2.33. The molecule has 1 saturated heterocycles. The second-order valence-electron chi connectivity index (χ2n) is 5.20. The number of nitrogens with two attached hydrogens (primary N) is 1. The van der Waals surface area contributed by atoms with Gasteiger partial charge in [-0.05, 0) is 32.6 Å². The average molecular weight is 242 g/mol. The summed E-state index contributed by atoms with van der Waals surface area (Å²) < 4.78 is 0. The second-order valence-corrected chi connectivity index (χ2v) is 5.64. The van der Waals surface area contributed by atoms with Crippen LogP contribution in [0, 0.1) is 11.3 Å². The van der Waals surface area contributed by atoms with E-state index in [0.29, 0.717) is 23.4 Å². The molecule has 1 aliphatic heterocycles. The maximum absolute atomic E-state index is 12.5. The third-order valence-corrected chi connectivity index (χ3v) is 4.22. The number of hydrogen-bond acceptors (Lipinski definition) is 2. The van der Waals surface area contributed by atoms with Gasteiger partial charge in [0.15, 0.2) is 0 Å². The highest BCUT2D eigenvalue weighted by atomic mass is 32.1. The standard InChI is InChI=1S/C12H22N2OS/c1-5-12(4,10(13)16)11(15)14-7-8(2)6-9(14)3/h8-9H,5-7H2,1-4H3,(H2,13,16). The Labute approximate surface area is 103 Å². The fourth-order valence-corrected chi connectivity index (χ4v) is 2.56. The first-order chi connectivity index (χ1) is 7.32. The average Bonchev–Trinajstić information content (AvgIpc) is 2.55. The van der Waals surface area contributed by atoms with Crippen molar-refractivity contribution in [1.82, 2.24) is 4.90 Å². The summed E-state index contributed by atoms with van der Waals surface area (Å²) in [6.45, 7) is 8.91. The monoisotopic (exact) mass is 242 g/mol. The smallest absolute Gasteiger partial charge is 0.235 e. The normalized spacial score (nSPS) is 28.9. The number of amides is 1. The van der Waals surface area contributed by atoms with E-state index in [1.807, 2.05) is 18.7 Å². The number of thiocarbonyl (C=S) groups is 1. The predicted octanol–water partition coefficient (Wildman–Crippen LogP) is 1.95. The number of carbonyl (C=O) groups is 1. The summed E-state index contributed by atoms with van der Waals surface area (Å²) in [6.07, 6.45) is 1.74. The van der Waals surface area contributed by atoms with Gasteiger partial charge < -0.3 is 10.6 Å². The SMILES string of the molecule is CCC(C)(C(=O)N1CC(C)CC1C)C(N)=S. The van der Waals surface area contributed by atoms with Crippen LogP contribution in [0.15, 0.2) is 0 Å². The van der Waals surface area contributed by atoms with Crippen LogP contribution in [0.5, 0.6) is 0 Å². The molecule has 3 atom stereocenters. The fraction of sp³-hybridized carbons (Fsp3) is 0.833. The van der Waals surface area contributed by atoms with Gasteiger partial charge >= 0.3 is 0 Å². The van der Waals surface area contributed by atoms with Crippen LogP contribution < -0.4 is 5.73 Å². The van der Waals surface area contributed by atoms with Gasteiger partial charge in [-0.1, -0.05) is 26.1 Å². The lowest BCUT2D eigenvalue weighted by atomic mass is 9.85. The lowest BCUT2D eigenvalue weighted by Crippen LogP contribution is -2.49. The van der Waals surface area contributed by atoms with Crippen LogP contribution in [0.4, 0.5) is 0 Å². The van der Waals surface area contributed by atoms with E-state index in [-0.39, 0.29) is 5.91 Å². The molecule has 1 rings (SSSR count). The van der Waals surface area contributed by atoms with Gasteiger partial charge in [0.2, 0.25) is 5.91 Å². The van der Waals surface area contributed by atoms with Crippen LogP contribution in [0.1, 0.15) is 40.5 Å². The quantitative estimate of drug-likeness (QED) is 0.769. The molecule has 1 fully saturated rings. The predicted molar refractivity (Wildman–Crippen MR) is 70.1 cm³/mol. The lowest BCUT2D eigenvalue weighted by Gasteiger charge is -2.33. The molecule has 92 valence electrons. The topological polar surface area (TPSA) is 46.3 Å². The lowest BCUT2D eigenvalue weighted by molar-refractivity contribution is -0.138. The van der Waals surface area contributed by atoms with E-state index in [2.05, 4.69) is 13.8 Å². The van der Waals surface area contributed by atoms with Crippen molar-refractivity contribution in [2.75, 3.05) is 6.54 Å². The number of carbonyl (C=O) groups excluding carboxylic acids is 1. The van der Waals surface area contributed by atoms with Crippen molar-refractivity contribution in [2.24, 2.45) is 17.1 Å². The third-order valence-electron chi connectivity index (χ3n) is 3.77. The number of rotatable bonds is 3. The Bertz CT molecular complexity index is 305. The largest absolute Gasteiger partial charge is 0.392 e. The van der Waals surface area contributed by atoms with E-state index in [4.69, 9.17) is 18.0 Å². The zero-order chi connectivity index (χ0) is 12.5. The van der Waals surface area contributed by atoms with E-state index in [1.165, 1.54) is 0 Å². The van der Waals surface area contributed by atoms with Gasteiger partial charge in [0.05, 0.1) is 10.4 Å². The maximum Gasteiger partial charge on any atom is 0.235 e. The molecule has 0 radical (unpaired) electrons. The van der Waals surface area contributed by atoms with Gasteiger partial charge in [-0.3, -0.25) is 4.79 Å². The molecule has 3 unspecified atom stereocenters. The van der Waals surface area contributed by atoms with Crippen LogP contribution in [-0.2, 0) is 4.79 Å². The highest BCUT2D eigenvalue weighted by Crippen LogP contribution is 2.31. The van der Waals surface area contributed by atoms with Crippen LogP contribution >= 0.6 is 12.2 Å². The van der Waals surface area contributed by atoms with Crippen molar-refractivity contribution >= 4 is 23.1 Å². The van der Waals surface area contributed by atoms with Crippen molar-refractivity contribution < 1.29 is 4.79 Å². The molecule has 0 aromatic heterocycles. The van der Waals surface area contributed by atoms with Crippen molar-refractivity contribution in [3.8, 4) is 0 Å². The second kappa shape index (κ2) is 4.70. The molecular weight excluding hydrogens is 220 g/mol. The first-order valence-electron chi connectivity index (χ1n) is 5.94. The summed E-state index contributed by atoms with van der Waals surface area (Å²) in [5, 5.41) is 0. The molecule has 3 nitrogen and oxygen atoms in total. The Balaban J connectivity index is 2.88. The van der Waals surface area contributed by atoms with Gasteiger partial charge in [0.1, 0.15) is 0 Å². The van der Waals surface area contributed by atoms with Crippen LogP contribution in [0.3, 0.4) is 0 Å². The van der Waals surface area contributed by atoms with E-state index in [0.717, 1.165) is 13.0 Å². The molecule has 0 aliphatic carbocycles. The van der Waals surface area contributed by atoms with Gasteiger partial charge in [-0.25, -0.2) is 0 Å². The zero-order valence-electron chi connectivity index (χ0n) is 10.6. The van der Waals surface area contributed by atoms with Crippen LogP contribution in [0.25, 0.3) is 0 Å². The molecule has 1 amide bonds. The van der Waals surface area contributed by atoms with Gasteiger partial charge in [-0.2, -0.15) is 0 Å². The first kappa shape index (κ1) is 13.4. The first-order valence-corrected chi connectivity index (χ1v) is 6.34. The number of hydrogen-bond donors (Lipinski definition) is 1. The van der Waals surface area contributed by atoms with E-state index < -0.39 is 5.41 Å². The molecule has 1 aliphatic rings. The highest BCUT2D eigenvalue weighted by Gasteiger charge is 2.42.